The Bertz CT molecular complexity index is 922. The molecule has 2 aromatic carbocycles. The number of carbonyl (C=O) groups excluding carboxylic acids is 2. The Morgan fingerprint density at radius 2 is 1.75 bits per heavy atom. The highest BCUT2D eigenvalue weighted by atomic mass is 32.1. The van der Waals surface area contributed by atoms with Gasteiger partial charge in [0.15, 0.2) is 6.61 Å². The van der Waals surface area contributed by atoms with Crippen molar-refractivity contribution in [2.24, 2.45) is 0 Å². The molecule has 0 spiro atoms. The molecule has 0 aliphatic carbocycles. The van der Waals surface area contributed by atoms with Crippen LogP contribution in [0.5, 0.6) is 0 Å². The Hall–Kier alpha value is -2.73. The molecule has 28 heavy (non-hydrogen) atoms. The second kappa shape index (κ2) is 8.97. The Morgan fingerprint density at radius 3 is 2.46 bits per heavy atom. The van der Waals surface area contributed by atoms with Crippen molar-refractivity contribution in [1.82, 2.24) is 9.88 Å². The van der Waals surface area contributed by atoms with Crippen LogP contribution < -0.4 is 0 Å². The van der Waals surface area contributed by atoms with Gasteiger partial charge >= 0.3 is 5.97 Å². The molecule has 0 saturated heterocycles. The molecule has 3 rings (SSSR count). The summed E-state index contributed by atoms with van der Waals surface area (Å²) in [6.45, 7) is 3.64. The monoisotopic (exact) mass is 396 g/mol. The van der Waals surface area contributed by atoms with E-state index in [0.717, 1.165) is 20.8 Å². The number of aromatic nitrogens is 1. The lowest BCUT2D eigenvalue weighted by Crippen LogP contribution is -2.33. The molecule has 0 bridgehead atoms. The lowest BCUT2D eigenvalue weighted by Gasteiger charge is -2.23. The fourth-order valence-corrected chi connectivity index (χ4v) is 3.97. The van der Waals surface area contributed by atoms with E-state index in [-0.39, 0.29) is 36.9 Å². The molecular formula is C22H24N2O3S. The van der Waals surface area contributed by atoms with E-state index in [9.17, 15) is 9.59 Å². The average Bonchev–Trinajstić information content (AvgIpc) is 3.15. The first-order chi connectivity index (χ1) is 13.5. The van der Waals surface area contributed by atoms with E-state index in [1.807, 2.05) is 68.4 Å². The predicted octanol–water partition coefficient (Wildman–Crippen LogP) is 4.55. The van der Waals surface area contributed by atoms with E-state index in [0.29, 0.717) is 0 Å². The minimum Gasteiger partial charge on any atom is -0.456 e. The smallest absolute Gasteiger partial charge is 0.306 e. The quantitative estimate of drug-likeness (QED) is 0.550. The van der Waals surface area contributed by atoms with Crippen LogP contribution in [0.15, 0.2) is 54.6 Å². The number of amides is 1. The number of para-hydroxylation sites is 1. The molecule has 0 unspecified atom stereocenters. The number of fused-ring (bicyclic) bond motifs is 1. The van der Waals surface area contributed by atoms with E-state index >= 15 is 0 Å². The molecule has 146 valence electrons. The minimum atomic E-state index is -0.370. The number of carbonyl (C=O) groups is 2. The molecule has 0 aliphatic rings. The van der Waals surface area contributed by atoms with Crippen molar-refractivity contribution in [2.45, 2.75) is 32.2 Å². The van der Waals surface area contributed by atoms with Gasteiger partial charge in [0.2, 0.25) is 0 Å². The lowest BCUT2D eigenvalue weighted by molar-refractivity contribution is -0.152. The molecule has 0 aliphatic heterocycles. The zero-order valence-electron chi connectivity index (χ0n) is 16.3. The van der Waals surface area contributed by atoms with E-state index < -0.39 is 0 Å². The van der Waals surface area contributed by atoms with Gasteiger partial charge in [-0.3, -0.25) is 9.59 Å². The summed E-state index contributed by atoms with van der Waals surface area (Å²) in [4.78, 5) is 30.7. The zero-order chi connectivity index (χ0) is 20.1. The lowest BCUT2D eigenvalue weighted by atomic mass is 9.98. The molecule has 1 heterocycles. The van der Waals surface area contributed by atoms with Gasteiger partial charge in [-0.15, -0.1) is 11.3 Å². The number of hydrogen-bond acceptors (Lipinski definition) is 5. The molecule has 1 aromatic heterocycles. The highest BCUT2D eigenvalue weighted by Crippen LogP contribution is 2.28. The molecule has 0 N–H and O–H groups in total. The standard InChI is InChI=1S/C22H24N2O3S/c1-15(17-9-5-4-6-10-17)13-21(26)27-14-20(25)24(3)16(2)22-23-18-11-7-8-12-19(18)28-22/h4-12,15-16H,13-14H2,1-3H3/t15-,16-/m1/s1. The van der Waals surface area contributed by atoms with Crippen LogP contribution in [0.25, 0.3) is 10.2 Å². The average molecular weight is 397 g/mol. The van der Waals surface area contributed by atoms with E-state index in [1.165, 1.54) is 0 Å². The molecule has 3 aromatic rings. The van der Waals surface area contributed by atoms with Gasteiger partial charge in [0.1, 0.15) is 5.01 Å². The highest BCUT2D eigenvalue weighted by molar-refractivity contribution is 7.18. The number of hydrogen-bond donors (Lipinski definition) is 0. The maximum absolute atomic E-state index is 12.5. The number of likely N-dealkylation sites (N-methyl/N-ethyl adjacent to an activating group) is 1. The summed E-state index contributed by atoms with van der Waals surface area (Å²) >= 11 is 1.57. The Labute approximate surface area is 169 Å². The van der Waals surface area contributed by atoms with E-state index in [1.54, 1.807) is 23.3 Å². The third kappa shape index (κ3) is 4.75. The van der Waals surface area contributed by atoms with Gasteiger partial charge in [0.05, 0.1) is 22.7 Å². The Kier molecular flexibility index (Phi) is 6.41. The number of benzene rings is 2. The van der Waals surface area contributed by atoms with Crippen LogP contribution in [0.4, 0.5) is 0 Å². The summed E-state index contributed by atoms with van der Waals surface area (Å²) in [7, 11) is 1.71. The molecule has 2 atom stereocenters. The third-order valence-electron chi connectivity index (χ3n) is 4.84. The topological polar surface area (TPSA) is 59.5 Å². The fourth-order valence-electron chi connectivity index (χ4n) is 2.90. The van der Waals surface area contributed by atoms with Gasteiger partial charge in [0, 0.05) is 7.05 Å². The number of ether oxygens (including phenoxy) is 1. The Morgan fingerprint density at radius 1 is 1.07 bits per heavy atom. The van der Waals surface area contributed by atoms with Crippen LogP contribution in [0, 0.1) is 0 Å². The van der Waals surface area contributed by atoms with Gasteiger partial charge in [-0.1, -0.05) is 49.4 Å². The Balaban J connectivity index is 1.52. The van der Waals surface area contributed by atoms with Crippen molar-refractivity contribution in [1.29, 1.82) is 0 Å². The summed E-state index contributed by atoms with van der Waals surface area (Å²) in [6, 6.07) is 17.5. The second-order valence-corrected chi connectivity index (χ2v) is 7.94. The fraction of sp³-hybridized carbons (Fsp3) is 0.318. The zero-order valence-corrected chi connectivity index (χ0v) is 17.1. The summed E-state index contributed by atoms with van der Waals surface area (Å²) < 4.78 is 6.30. The number of thiazole rings is 1. The third-order valence-corrected chi connectivity index (χ3v) is 6.05. The van der Waals surface area contributed by atoms with Crippen molar-refractivity contribution in [3.8, 4) is 0 Å². The van der Waals surface area contributed by atoms with Gasteiger partial charge in [-0.2, -0.15) is 0 Å². The van der Waals surface area contributed by atoms with Gasteiger partial charge in [-0.05, 0) is 30.5 Å². The summed E-state index contributed by atoms with van der Waals surface area (Å²) in [5, 5.41) is 0.862. The van der Waals surface area contributed by atoms with Crippen molar-refractivity contribution in [2.75, 3.05) is 13.7 Å². The summed E-state index contributed by atoms with van der Waals surface area (Å²) in [5.41, 5.74) is 2.00. The molecule has 0 radical (unpaired) electrons. The van der Waals surface area contributed by atoms with Crippen LogP contribution in [-0.2, 0) is 14.3 Å². The van der Waals surface area contributed by atoms with E-state index in [2.05, 4.69) is 4.98 Å². The summed E-state index contributed by atoms with van der Waals surface area (Å²) in [5.74, 6) is -0.568. The van der Waals surface area contributed by atoms with Crippen LogP contribution >= 0.6 is 11.3 Å². The largest absolute Gasteiger partial charge is 0.456 e. The first-order valence-corrected chi connectivity index (χ1v) is 10.1. The van der Waals surface area contributed by atoms with Gasteiger partial charge in [-0.25, -0.2) is 4.98 Å². The maximum Gasteiger partial charge on any atom is 0.306 e. The molecule has 0 saturated carbocycles. The molecule has 1 amide bonds. The van der Waals surface area contributed by atoms with Crippen molar-refractivity contribution in [3.63, 3.8) is 0 Å². The van der Waals surface area contributed by atoms with Gasteiger partial charge in [0.25, 0.3) is 5.91 Å². The molecule has 5 nitrogen and oxygen atoms in total. The first kappa shape index (κ1) is 20.0. The summed E-state index contributed by atoms with van der Waals surface area (Å²) in [6.07, 6.45) is 0.244. The van der Waals surface area contributed by atoms with Crippen LogP contribution in [0.1, 0.15) is 42.8 Å². The molecule has 0 fully saturated rings. The normalized spacial score (nSPS) is 13.1. The maximum atomic E-state index is 12.5. The molecule has 6 heteroatoms. The SMILES string of the molecule is C[C@H](CC(=O)OCC(=O)N(C)[C@H](C)c1nc2ccccc2s1)c1ccccc1. The predicted molar refractivity (Wildman–Crippen MR) is 111 cm³/mol. The number of nitrogens with zero attached hydrogens (tertiary/aromatic N) is 2. The second-order valence-electron chi connectivity index (χ2n) is 6.88. The first-order valence-electron chi connectivity index (χ1n) is 9.27. The highest BCUT2D eigenvalue weighted by Gasteiger charge is 2.22. The van der Waals surface area contributed by atoms with Crippen molar-refractivity contribution in [3.05, 3.63) is 65.2 Å². The van der Waals surface area contributed by atoms with Crippen LogP contribution in [0.2, 0.25) is 0 Å². The molecular weight excluding hydrogens is 372 g/mol. The van der Waals surface area contributed by atoms with Crippen LogP contribution in [0.3, 0.4) is 0 Å². The number of rotatable bonds is 7. The van der Waals surface area contributed by atoms with E-state index in [4.69, 9.17) is 4.74 Å². The van der Waals surface area contributed by atoms with Crippen molar-refractivity contribution >= 4 is 33.4 Å². The minimum absolute atomic E-state index is 0.0446. The van der Waals surface area contributed by atoms with Gasteiger partial charge < -0.3 is 9.64 Å². The number of esters is 1. The van der Waals surface area contributed by atoms with Crippen molar-refractivity contribution < 1.29 is 14.3 Å². The van der Waals surface area contributed by atoms with Crippen LogP contribution in [-0.4, -0.2) is 35.4 Å².